The number of rotatable bonds is 5. The third-order valence-corrected chi connectivity index (χ3v) is 6.29. The van der Waals surface area contributed by atoms with Crippen LogP contribution in [0, 0.1) is 0 Å². The van der Waals surface area contributed by atoms with Crippen LogP contribution < -0.4 is 0 Å². The van der Waals surface area contributed by atoms with Gasteiger partial charge in [-0.15, -0.1) is 0 Å². The minimum Gasteiger partial charge on any atom is -0.297 e. The maximum absolute atomic E-state index is 12.8. The molecule has 0 unspecified atom stereocenters. The molecule has 1 amide bonds. The molecule has 0 aromatic heterocycles. The van der Waals surface area contributed by atoms with Crippen LogP contribution in [0.2, 0.25) is 0 Å². The Morgan fingerprint density at radius 2 is 1.48 bits per heavy atom. The number of benzene rings is 3. The lowest BCUT2D eigenvalue weighted by Crippen LogP contribution is -2.49. The van der Waals surface area contributed by atoms with Gasteiger partial charge in [0.15, 0.2) is 0 Å². The summed E-state index contributed by atoms with van der Waals surface area (Å²) in [5.41, 5.74) is 3.50. The lowest BCUT2D eigenvalue weighted by molar-refractivity contribution is -0.132. The molecule has 158 valence electrons. The van der Waals surface area contributed by atoms with Crippen LogP contribution >= 0.6 is 0 Å². The van der Waals surface area contributed by atoms with E-state index in [-0.39, 0.29) is 5.91 Å². The molecular weight excluding hydrogens is 384 g/mol. The maximum atomic E-state index is 12.8. The van der Waals surface area contributed by atoms with E-state index in [0.29, 0.717) is 13.1 Å². The predicted octanol–water partition coefficient (Wildman–Crippen LogP) is 3.59. The molecule has 0 radical (unpaired) electrons. The van der Waals surface area contributed by atoms with E-state index >= 15 is 0 Å². The Labute approximate surface area is 183 Å². The van der Waals surface area contributed by atoms with Gasteiger partial charge in [-0.05, 0) is 21.9 Å². The summed E-state index contributed by atoms with van der Waals surface area (Å²) in [5.74, 6) is 0.105. The summed E-state index contributed by atoms with van der Waals surface area (Å²) in [7, 11) is 0. The Hall–Kier alpha value is -3.02. The quantitative estimate of drug-likeness (QED) is 0.643. The fourth-order valence-electron chi connectivity index (χ4n) is 4.52. The van der Waals surface area contributed by atoms with E-state index in [4.69, 9.17) is 0 Å². The van der Waals surface area contributed by atoms with Crippen molar-refractivity contribution < 1.29 is 4.79 Å². The number of carbonyl (C=O) groups is 1. The molecule has 3 aromatic carbocycles. The number of hydrogen-bond donors (Lipinski definition) is 0. The third-order valence-electron chi connectivity index (χ3n) is 6.29. The van der Waals surface area contributed by atoms with Crippen molar-refractivity contribution in [1.29, 1.82) is 0 Å². The molecule has 0 aliphatic carbocycles. The summed E-state index contributed by atoms with van der Waals surface area (Å²) in [6.45, 7) is 5.89. The van der Waals surface area contributed by atoms with Gasteiger partial charge in [-0.3, -0.25) is 14.6 Å². The van der Waals surface area contributed by atoms with E-state index in [0.717, 1.165) is 50.4 Å². The number of piperazine rings is 1. The molecule has 0 bridgehead atoms. The van der Waals surface area contributed by atoms with Crippen LogP contribution in [0.3, 0.4) is 0 Å². The first-order valence-corrected chi connectivity index (χ1v) is 11.1. The van der Waals surface area contributed by atoms with Crippen LogP contribution in [0.4, 0.5) is 0 Å². The molecule has 0 spiro atoms. The van der Waals surface area contributed by atoms with Crippen molar-refractivity contribution in [3.05, 3.63) is 83.9 Å². The summed E-state index contributed by atoms with van der Waals surface area (Å²) in [5, 5.41) is 8.88. The van der Waals surface area contributed by atoms with Gasteiger partial charge in [0, 0.05) is 39.1 Å². The standard InChI is InChI=1S/C26H28N4O/c31-26(30-14-13-25(27-30)22-8-2-1-3-9-22)20-29-17-15-28(16-18-29)19-23-11-6-10-21-7-4-5-12-24(21)23/h1-12H,13-20H2. The Kier molecular flexibility index (Phi) is 5.78. The molecule has 5 nitrogen and oxygen atoms in total. The molecule has 31 heavy (non-hydrogen) atoms. The molecule has 0 N–H and O–H groups in total. The highest BCUT2D eigenvalue weighted by molar-refractivity contribution is 6.02. The van der Waals surface area contributed by atoms with Crippen molar-refractivity contribution in [1.82, 2.24) is 14.8 Å². The molecule has 2 heterocycles. The predicted molar refractivity (Wildman–Crippen MR) is 125 cm³/mol. The van der Waals surface area contributed by atoms with Crippen LogP contribution in [0.25, 0.3) is 10.8 Å². The molecule has 5 rings (SSSR count). The second-order valence-corrected chi connectivity index (χ2v) is 8.37. The summed E-state index contributed by atoms with van der Waals surface area (Å²) in [6.07, 6.45) is 0.828. The van der Waals surface area contributed by atoms with E-state index in [9.17, 15) is 4.79 Å². The topological polar surface area (TPSA) is 39.2 Å². The van der Waals surface area contributed by atoms with Crippen molar-refractivity contribution in [2.45, 2.75) is 13.0 Å². The minimum absolute atomic E-state index is 0.105. The van der Waals surface area contributed by atoms with Gasteiger partial charge in [0.25, 0.3) is 5.91 Å². The van der Waals surface area contributed by atoms with Crippen LogP contribution in [-0.4, -0.2) is 65.7 Å². The normalized spacial score (nSPS) is 17.8. The molecule has 3 aromatic rings. The monoisotopic (exact) mass is 412 g/mol. The van der Waals surface area contributed by atoms with Gasteiger partial charge in [0.2, 0.25) is 0 Å². The van der Waals surface area contributed by atoms with Crippen molar-refractivity contribution in [3.63, 3.8) is 0 Å². The second-order valence-electron chi connectivity index (χ2n) is 8.37. The third kappa shape index (κ3) is 4.53. The maximum Gasteiger partial charge on any atom is 0.256 e. The van der Waals surface area contributed by atoms with Gasteiger partial charge in [-0.2, -0.15) is 5.10 Å². The fourth-order valence-corrected chi connectivity index (χ4v) is 4.52. The Morgan fingerprint density at radius 1 is 0.774 bits per heavy atom. The lowest BCUT2D eigenvalue weighted by Gasteiger charge is -2.34. The van der Waals surface area contributed by atoms with Crippen molar-refractivity contribution in [3.8, 4) is 0 Å². The average Bonchev–Trinajstić information content (AvgIpc) is 3.32. The molecule has 0 saturated carbocycles. The number of hydrazone groups is 1. The van der Waals surface area contributed by atoms with Crippen LogP contribution in [-0.2, 0) is 11.3 Å². The fraction of sp³-hybridized carbons (Fsp3) is 0.308. The van der Waals surface area contributed by atoms with Gasteiger partial charge in [0.1, 0.15) is 0 Å². The molecule has 2 aliphatic heterocycles. The highest BCUT2D eigenvalue weighted by Crippen LogP contribution is 2.21. The van der Waals surface area contributed by atoms with Crippen LogP contribution in [0.1, 0.15) is 17.5 Å². The van der Waals surface area contributed by atoms with Crippen molar-refractivity contribution in [2.75, 3.05) is 39.3 Å². The van der Waals surface area contributed by atoms with Crippen LogP contribution in [0.5, 0.6) is 0 Å². The summed E-state index contributed by atoms with van der Waals surface area (Å²) >= 11 is 0. The summed E-state index contributed by atoms with van der Waals surface area (Å²) in [6, 6.07) is 25.3. The van der Waals surface area contributed by atoms with Crippen molar-refractivity contribution in [2.24, 2.45) is 5.10 Å². The van der Waals surface area contributed by atoms with E-state index in [1.54, 1.807) is 5.01 Å². The van der Waals surface area contributed by atoms with Gasteiger partial charge < -0.3 is 0 Å². The first-order valence-electron chi connectivity index (χ1n) is 11.1. The Morgan fingerprint density at radius 3 is 2.32 bits per heavy atom. The summed E-state index contributed by atoms with van der Waals surface area (Å²) < 4.78 is 0. The number of carbonyl (C=O) groups excluding carboxylic acids is 1. The lowest BCUT2D eigenvalue weighted by atomic mass is 10.0. The Balaban J connectivity index is 1.14. The van der Waals surface area contributed by atoms with E-state index in [1.165, 1.54) is 16.3 Å². The van der Waals surface area contributed by atoms with Gasteiger partial charge >= 0.3 is 0 Å². The number of nitrogens with zero attached hydrogens (tertiary/aromatic N) is 4. The number of amides is 1. The minimum atomic E-state index is 0.105. The molecule has 1 fully saturated rings. The van der Waals surface area contributed by atoms with E-state index < -0.39 is 0 Å². The molecule has 0 atom stereocenters. The molecule has 1 saturated heterocycles. The SMILES string of the molecule is O=C(CN1CCN(Cc2cccc3ccccc23)CC1)N1CCC(c2ccccc2)=N1. The molecule has 2 aliphatic rings. The van der Waals surface area contributed by atoms with Crippen LogP contribution in [0.15, 0.2) is 77.9 Å². The zero-order chi connectivity index (χ0) is 21.0. The van der Waals surface area contributed by atoms with Gasteiger partial charge in [-0.1, -0.05) is 72.8 Å². The zero-order valence-corrected chi connectivity index (χ0v) is 17.8. The first kappa shape index (κ1) is 19.9. The second kappa shape index (κ2) is 9.00. The van der Waals surface area contributed by atoms with Gasteiger partial charge in [0.05, 0.1) is 18.8 Å². The zero-order valence-electron chi connectivity index (χ0n) is 17.8. The first-order chi connectivity index (χ1) is 15.3. The number of fused-ring (bicyclic) bond motifs is 1. The highest BCUT2D eigenvalue weighted by atomic mass is 16.2. The highest BCUT2D eigenvalue weighted by Gasteiger charge is 2.25. The number of hydrogen-bond acceptors (Lipinski definition) is 4. The van der Waals surface area contributed by atoms with E-state index in [1.807, 2.05) is 18.2 Å². The Bertz CT molecular complexity index is 1080. The average molecular weight is 413 g/mol. The largest absolute Gasteiger partial charge is 0.297 e. The molecular formula is C26H28N4O. The van der Waals surface area contributed by atoms with E-state index in [2.05, 4.69) is 69.5 Å². The van der Waals surface area contributed by atoms with Crippen molar-refractivity contribution >= 4 is 22.4 Å². The molecule has 5 heteroatoms. The van der Waals surface area contributed by atoms with Gasteiger partial charge in [-0.25, -0.2) is 5.01 Å². The summed E-state index contributed by atoms with van der Waals surface area (Å²) in [4.78, 5) is 17.5. The smallest absolute Gasteiger partial charge is 0.256 e.